The number of piperazine rings is 1. The van der Waals surface area contributed by atoms with Crippen LogP contribution >= 0.6 is 11.6 Å². The standard InChI is InChI=1S/C26H28ClFN6O/c1-25(2)15-33(17-6-7-18(27)19(28)14-17)21-9-8-20(31-22(21)25)23(35)34-13-12-32(16-26(34,3)4)24-29-10-5-11-30-24/h5-11,14H,12-13,15-16H2,1-4H3. The van der Waals surface area contributed by atoms with Crippen molar-refractivity contribution in [1.82, 2.24) is 19.9 Å². The number of carbonyl (C=O) groups is 1. The molecule has 182 valence electrons. The molecule has 1 amide bonds. The van der Waals surface area contributed by atoms with E-state index in [-0.39, 0.29) is 16.3 Å². The second-order valence-corrected chi connectivity index (χ2v) is 10.8. The minimum atomic E-state index is -0.461. The van der Waals surface area contributed by atoms with Crippen LogP contribution in [0.15, 0.2) is 48.8 Å². The number of fused-ring (bicyclic) bond motifs is 1. The van der Waals surface area contributed by atoms with Crippen molar-refractivity contribution in [3.8, 4) is 0 Å². The third kappa shape index (κ3) is 4.20. The highest BCUT2D eigenvalue weighted by molar-refractivity contribution is 6.30. The molecule has 0 bridgehead atoms. The molecule has 3 aromatic rings. The van der Waals surface area contributed by atoms with Gasteiger partial charge in [0.15, 0.2) is 0 Å². The molecule has 5 rings (SSSR count). The minimum absolute atomic E-state index is 0.0908. The van der Waals surface area contributed by atoms with Crippen molar-refractivity contribution in [3.05, 3.63) is 71.0 Å². The summed E-state index contributed by atoms with van der Waals surface area (Å²) in [6, 6.07) is 10.3. The van der Waals surface area contributed by atoms with Crippen LogP contribution in [0.4, 0.5) is 21.7 Å². The van der Waals surface area contributed by atoms with Gasteiger partial charge < -0.3 is 14.7 Å². The normalized spacial score (nSPS) is 18.5. The zero-order valence-electron chi connectivity index (χ0n) is 20.3. The van der Waals surface area contributed by atoms with Gasteiger partial charge in [-0.1, -0.05) is 25.4 Å². The summed E-state index contributed by atoms with van der Waals surface area (Å²) >= 11 is 5.88. The lowest BCUT2D eigenvalue weighted by Crippen LogP contribution is -2.61. The SMILES string of the molecule is CC1(C)CN(c2ccc(Cl)c(F)c2)c2ccc(C(=O)N3CCN(c4ncccn4)CC3(C)C)nc21. The number of carbonyl (C=O) groups excluding carboxylic acids is 1. The van der Waals surface area contributed by atoms with Gasteiger partial charge in [0.2, 0.25) is 5.95 Å². The largest absolute Gasteiger partial charge is 0.339 e. The fraction of sp³-hybridized carbons (Fsp3) is 0.385. The third-order valence-corrected chi connectivity index (χ3v) is 7.08. The van der Waals surface area contributed by atoms with Gasteiger partial charge in [0.05, 0.1) is 21.9 Å². The summed E-state index contributed by atoms with van der Waals surface area (Å²) in [7, 11) is 0. The zero-order chi connectivity index (χ0) is 25.0. The van der Waals surface area contributed by atoms with Crippen molar-refractivity contribution in [3.63, 3.8) is 0 Å². The quantitative estimate of drug-likeness (QED) is 0.519. The molecule has 2 aliphatic heterocycles. The summed E-state index contributed by atoms with van der Waals surface area (Å²) < 4.78 is 14.2. The van der Waals surface area contributed by atoms with Gasteiger partial charge in [-0.25, -0.2) is 19.3 Å². The van der Waals surface area contributed by atoms with E-state index in [9.17, 15) is 9.18 Å². The first-order chi connectivity index (χ1) is 16.6. The van der Waals surface area contributed by atoms with E-state index in [2.05, 4.69) is 28.7 Å². The minimum Gasteiger partial charge on any atom is -0.339 e. The Balaban J connectivity index is 1.42. The van der Waals surface area contributed by atoms with E-state index in [4.69, 9.17) is 16.6 Å². The van der Waals surface area contributed by atoms with E-state index in [0.717, 1.165) is 11.4 Å². The van der Waals surface area contributed by atoms with Crippen molar-refractivity contribution in [2.24, 2.45) is 0 Å². The first kappa shape index (κ1) is 23.5. The summed E-state index contributed by atoms with van der Waals surface area (Å²) in [4.78, 5) is 33.2. The Kier molecular flexibility index (Phi) is 5.67. The highest BCUT2D eigenvalue weighted by Crippen LogP contribution is 2.44. The maximum atomic E-state index is 14.2. The Morgan fingerprint density at radius 3 is 2.46 bits per heavy atom. The van der Waals surface area contributed by atoms with Crippen molar-refractivity contribution < 1.29 is 9.18 Å². The molecular formula is C26H28ClFN6O. The predicted molar refractivity (Wildman–Crippen MR) is 135 cm³/mol. The molecule has 1 fully saturated rings. The Hall–Kier alpha value is -3.26. The van der Waals surface area contributed by atoms with Crippen LogP contribution in [0.2, 0.25) is 5.02 Å². The highest BCUT2D eigenvalue weighted by atomic mass is 35.5. The Morgan fingerprint density at radius 1 is 1.03 bits per heavy atom. The molecule has 0 atom stereocenters. The predicted octanol–water partition coefficient (Wildman–Crippen LogP) is 4.83. The Labute approximate surface area is 209 Å². The van der Waals surface area contributed by atoms with Gasteiger partial charge in [-0.15, -0.1) is 0 Å². The summed E-state index contributed by atoms with van der Waals surface area (Å²) in [6.07, 6.45) is 3.45. The summed E-state index contributed by atoms with van der Waals surface area (Å²) in [6.45, 7) is 10.7. The van der Waals surface area contributed by atoms with Gasteiger partial charge in [-0.3, -0.25) is 4.79 Å². The zero-order valence-corrected chi connectivity index (χ0v) is 21.1. The van der Waals surface area contributed by atoms with Gasteiger partial charge in [-0.05, 0) is 50.2 Å². The molecule has 0 spiro atoms. The van der Waals surface area contributed by atoms with Crippen LogP contribution < -0.4 is 9.80 Å². The van der Waals surface area contributed by atoms with Crippen molar-refractivity contribution in [2.75, 3.05) is 36.0 Å². The van der Waals surface area contributed by atoms with Crippen LogP contribution in [0.1, 0.15) is 43.9 Å². The number of benzene rings is 1. The van der Waals surface area contributed by atoms with E-state index < -0.39 is 11.4 Å². The van der Waals surface area contributed by atoms with Crippen LogP contribution in [0.3, 0.4) is 0 Å². The van der Waals surface area contributed by atoms with Gasteiger partial charge in [0.1, 0.15) is 11.5 Å². The number of halogens is 2. The molecule has 9 heteroatoms. The topological polar surface area (TPSA) is 65.5 Å². The van der Waals surface area contributed by atoms with E-state index in [1.54, 1.807) is 36.7 Å². The van der Waals surface area contributed by atoms with E-state index in [1.807, 2.05) is 29.7 Å². The summed E-state index contributed by atoms with van der Waals surface area (Å²) in [5.41, 5.74) is 2.07. The fourth-order valence-electron chi connectivity index (χ4n) is 5.02. The van der Waals surface area contributed by atoms with Gasteiger partial charge in [0.25, 0.3) is 5.91 Å². The molecule has 35 heavy (non-hydrogen) atoms. The molecule has 1 saturated heterocycles. The van der Waals surface area contributed by atoms with E-state index in [1.165, 1.54) is 6.07 Å². The van der Waals surface area contributed by atoms with E-state index >= 15 is 0 Å². The highest BCUT2D eigenvalue weighted by Gasteiger charge is 2.41. The summed E-state index contributed by atoms with van der Waals surface area (Å²) in [5, 5.41) is 0.0908. The molecule has 0 saturated carbocycles. The lowest BCUT2D eigenvalue weighted by molar-refractivity contribution is 0.0506. The second-order valence-electron chi connectivity index (χ2n) is 10.4. The van der Waals surface area contributed by atoms with Crippen LogP contribution in [-0.2, 0) is 5.41 Å². The molecule has 0 aliphatic carbocycles. The molecule has 2 aromatic heterocycles. The second kappa shape index (κ2) is 8.45. The number of rotatable bonds is 3. The van der Waals surface area contributed by atoms with Gasteiger partial charge in [0, 0.05) is 49.7 Å². The van der Waals surface area contributed by atoms with Crippen LogP contribution in [0.5, 0.6) is 0 Å². The average molecular weight is 495 g/mol. The number of aromatic nitrogens is 3. The Bertz CT molecular complexity index is 1280. The number of pyridine rings is 1. The van der Waals surface area contributed by atoms with Crippen molar-refractivity contribution in [1.29, 1.82) is 0 Å². The molecule has 0 unspecified atom stereocenters. The summed E-state index contributed by atoms with van der Waals surface area (Å²) in [5.74, 6) is 0.111. The molecule has 0 N–H and O–H groups in total. The number of anilines is 3. The molecule has 7 nitrogen and oxygen atoms in total. The monoisotopic (exact) mass is 494 g/mol. The van der Waals surface area contributed by atoms with Crippen LogP contribution in [-0.4, -0.2) is 57.5 Å². The molecule has 2 aliphatic rings. The fourth-order valence-corrected chi connectivity index (χ4v) is 5.14. The molecule has 0 radical (unpaired) electrons. The number of hydrogen-bond donors (Lipinski definition) is 0. The smallest absolute Gasteiger partial charge is 0.273 e. The molecule has 1 aromatic carbocycles. The lowest BCUT2D eigenvalue weighted by atomic mass is 9.91. The maximum absolute atomic E-state index is 14.2. The number of nitrogens with zero attached hydrogens (tertiary/aromatic N) is 6. The van der Waals surface area contributed by atoms with Crippen LogP contribution in [0, 0.1) is 5.82 Å². The average Bonchev–Trinajstić information content (AvgIpc) is 3.10. The lowest BCUT2D eigenvalue weighted by Gasteiger charge is -2.47. The van der Waals surface area contributed by atoms with Crippen molar-refractivity contribution >= 4 is 34.8 Å². The third-order valence-electron chi connectivity index (χ3n) is 6.78. The molecular weight excluding hydrogens is 467 g/mol. The Morgan fingerprint density at radius 2 is 1.77 bits per heavy atom. The number of amides is 1. The maximum Gasteiger partial charge on any atom is 0.273 e. The van der Waals surface area contributed by atoms with Crippen LogP contribution in [0.25, 0.3) is 0 Å². The number of hydrogen-bond acceptors (Lipinski definition) is 6. The first-order valence-corrected chi connectivity index (χ1v) is 12.0. The van der Waals surface area contributed by atoms with Gasteiger partial charge in [-0.2, -0.15) is 0 Å². The first-order valence-electron chi connectivity index (χ1n) is 11.6. The van der Waals surface area contributed by atoms with Crippen molar-refractivity contribution in [2.45, 2.75) is 38.6 Å². The molecule has 4 heterocycles. The van der Waals surface area contributed by atoms with E-state index in [0.29, 0.717) is 43.5 Å². The van der Waals surface area contributed by atoms with Gasteiger partial charge >= 0.3 is 0 Å².